The third-order valence-electron chi connectivity index (χ3n) is 2.90. The summed E-state index contributed by atoms with van der Waals surface area (Å²) in [6, 6.07) is 6.55. The molecule has 0 spiro atoms. The van der Waals surface area contributed by atoms with E-state index in [1.54, 1.807) is 0 Å². The molecule has 1 nitrogen and oxygen atoms in total. The maximum absolute atomic E-state index is 13.1. The molecular formula is C14H10F5N. The Labute approximate surface area is 111 Å². The van der Waals surface area contributed by atoms with Gasteiger partial charge in [-0.3, -0.25) is 0 Å². The van der Waals surface area contributed by atoms with Gasteiger partial charge in [0.15, 0.2) is 11.6 Å². The van der Waals surface area contributed by atoms with E-state index in [2.05, 4.69) is 0 Å². The largest absolute Gasteiger partial charge is 0.416 e. The van der Waals surface area contributed by atoms with Crippen molar-refractivity contribution in [2.24, 2.45) is 5.73 Å². The van der Waals surface area contributed by atoms with Gasteiger partial charge >= 0.3 is 6.18 Å². The zero-order valence-electron chi connectivity index (χ0n) is 10.1. The molecule has 2 rings (SSSR count). The zero-order chi connectivity index (χ0) is 14.9. The van der Waals surface area contributed by atoms with Gasteiger partial charge in [-0.1, -0.05) is 18.2 Å². The smallest absolute Gasteiger partial charge is 0.320 e. The Balaban J connectivity index is 2.29. The Bertz CT molecular complexity index is 604. The van der Waals surface area contributed by atoms with Gasteiger partial charge in [-0.05, 0) is 35.4 Å². The van der Waals surface area contributed by atoms with Crippen LogP contribution in [0, 0.1) is 11.6 Å². The predicted octanol–water partition coefficient (Wildman–Crippen LogP) is 4.03. The maximum Gasteiger partial charge on any atom is 0.416 e. The minimum Gasteiger partial charge on any atom is -0.320 e. The highest BCUT2D eigenvalue weighted by Crippen LogP contribution is 2.30. The molecule has 2 aromatic carbocycles. The van der Waals surface area contributed by atoms with Crippen LogP contribution in [0.4, 0.5) is 22.0 Å². The van der Waals surface area contributed by atoms with Crippen molar-refractivity contribution in [3.8, 4) is 0 Å². The van der Waals surface area contributed by atoms with Crippen LogP contribution in [0.2, 0.25) is 0 Å². The van der Waals surface area contributed by atoms with E-state index in [9.17, 15) is 22.0 Å². The van der Waals surface area contributed by atoms with E-state index in [1.165, 1.54) is 18.2 Å². The van der Waals surface area contributed by atoms with Gasteiger partial charge in [0.1, 0.15) is 0 Å². The third-order valence-corrected chi connectivity index (χ3v) is 2.90. The minimum absolute atomic E-state index is 0.281. The number of benzene rings is 2. The normalized spacial score (nSPS) is 13.3. The second-order valence-corrected chi connectivity index (χ2v) is 4.27. The lowest BCUT2D eigenvalue weighted by Crippen LogP contribution is -2.13. The molecule has 0 aromatic heterocycles. The van der Waals surface area contributed by atoms with E-state index >= 15 is 0 Å². The number of hydrogen-bond acceptors (Lipinski definition) is 1. The lowest BCUT2D eigenvalue weighted by Gasteiger charge is -2.14. The van der Waals surface area contributed by atoms with Crippen molar-refractivity contribution in [1.82, 2.24) is 0 Å². The van der Waals surface area contributed by atoms with Gasteiger partial charge in [-0.15, -0.1) is 0 Å². The highest BCUT2D eigenvalue weighted by Gasteiger charge is 2.30. The molecule has 0 fully saturated rings. The van der Waals surface area contributed by atoms with Gasteiger partial charge < -0.3 is 5.73 Å². The number of rotatable bonds is 2. The molecule has 0 aliphatic carbocycles. The molecule has 0 bridgehead atoms. The van der Waals surface area contributed by atoms with Crippen molar-refractivity contribution in [3.63, 3.8) is 0 Å². The molecular weight excluding hydrogens is 277 g/mol. The lowest BCUT2D eigenvalue weighted by molar-refractivity contribution is -0.137. The number of nitrogens with two attached hydrogens (primary N) is 1. The standard InChI is InChI=1S/C14H10F5N/c15-11-6-3-9(7-12(11)16)13(20)8-1-4-10(5-2-8)14(17,18)19/h1-7,13H,20H2. The van der Waals surface area contributed by atoms with E-state index in [0.29, 0.717) is 5.56 Å². The van der Waals surface area contributed by atoms with Gasteiger partial charge in [0, 0.05) is 0 Å². The fourth-order valence-electron chi connectivity index (χ4n) is 1.78. The molecule has 0 saturated carbocycles. The van der Waals surface area contributed by atoms with E-state index in [1.807, 2.05) is 0 Å². The molecule has 1 atom stereocenters. The second kappa shape index (κ2) is 5.20. The average molecular weight is 287 g/mol. The number of hydrogen-bond donors (Lipinski definition) is 1. The first-order valence-electron chi connectivity index (χ1n) is 5.66. The highest BCUT2D eigenvalue weighted by atomic mass is 19.4. The van der Waals surface area contributed by atoms with Crippen LogP contribution in [0.1, 0.15) is 22.7 Å². The monoisotopic (exact) mass is 287 g/mol. The quantitative estimate of drug-likeness (QED) is 0.829. The molecule has 2 N–H and O–H groups in total. The third kappa shape index (κ3) is 2.96. The number of halogens is 5. The molecule has 0 aliphatic heterocycles. The van der Waals surface area contributed by atoms with Crippen LogP contribution in [0.25, 0.3) is 0 Å². The molecule has 20 heavy (non-hydrogen) atoms. The van der Waals surface area contributed by atoms with E-state index in [0.717, 1.165) is 24.3 Å². The van der Waals surface area contributed by atoms with Gasteiger partial charge in [0.05, 0.1) is 11.6 Å². The van der Waals surface area contributed by atoms with Crippen LogP contribution >= 0.6 is 0 Å². The molecule has 1 unspecified atom stereocenters. The first kappa shape index (κ1) is 14.5. The zero-order valence-corrected chi connectivity index (χ0v) is 10.1. The van der Waals surface area contributed by atoms with Crippen LogP contribution in [0.15, 0.2) is 42.5 Å². The van der Waals surface area contributed by atoms with Crippen molar-refractivity contribution in [1.29, 1.82) is 0 Å². The van der Waals surface area contributed by atoms with Crippen LogP contribution in [-0.4, -0.2) is 0 Å². The molecule has 2 aromatic rings. The predicted molar refractivity (Wildman–Crippen MR) is 63.8 cm³/mol. The Morgan fingerprint density at radius 1 is 0.800 bits per heavy atom. The summed E-state index contributed by atoms with van der Waals surface area (Å²) in [5.74, 6) is -2.06. The minimum atomic E-state index is -4.43. The molecule has 0 saturated heterocycles. The topological polar surface area (TPSA) is 26.0 Å². The van der Waals surface area contributed by atoms with Crippen molar-refractivity contribution in [3.05, 3.63) is 70.8 Å². The van der Waals surface area contributed by atoms with Crippen molar-refractivity contribution >= 4 is 0 Å². The Kier molecular flexibility index (Phi) is 3.76. The van der Waals surface area contributed by atoms with E-state index in [-0.39, 0.29) is 5.56 Å². The second-order valence-electron chi connectivity index (χ2n) is 4.27. The van der Waals surface area contributed by atoms with Crippen LogP contribution in [0.3, 0.4) is 0 Å². The summed E-state index contributed by atoms with van der Waals surface area (Å²) in [4.78, 5) is 0. The van der Waals surface area contributed by atoms with Crippen molar-refractivity contribution in [2.45, 2.75) is 12.2 Å². The lowest BCUT2D eigenvalue weighted by atomic mass is 9.98. The maximum atomic E-state index is 13.1. The van der Waals surface area contributed by atoms with Crippen LogP contribution < -0.4 is 5.73 Å². The summed E-state index contributed by atoms with van der Waals surface area (Å²) in [5.41, 5.74) is 5.69. The summed E-state index contributed by atoms with van der Waals surface area (Å²) in [6.45, 7) is 0. The first-order chi connectivity index (χ1) is 9.29. The van der Waals surface area contributed by atoms with Gasteiger partial charge in [0.25, 0.3) is 0 Å². The molecule has 106 valence electrons. The Hall–Kier alpha value is -1.95. The summed E-state index contributed by atoms with van der Waals surface area (Å²) in [5, 5.41) is 0. The molecule has 0 heterocycles. The molecule has 0 amide bonds. The molecule has 0 aliphatic rings. The fraction of sp³-hybridized carbons (Fsp3) is 0.143. The summed E-state index contributed by atoms with van der Waals surface area (Å²) in [6.07, 6.45) is -4.43. The average Bonchev–Trinajstić information content (AvgIpc) is 2.40. The van der Waals surface area contributed by atoms with Crippen molar-refractivity contribution in [2.75, 3.05) is 0 Å². The Morgan fingerprint density at radius 2 is 1.35 bits per heavy atom. The van der Waals surface area contributed by atoms with Gasteiger partial charge in [-0.25, -0.2) is 8.78 Å². The summed E-state index contributed by atoms with van der Waals surface area (Å²) in [7, 11) is 0. The van der Waals surface area contributed by atoms with Crippen LogP contribution in [0.5, 0.6) is 0 Å². The summed E-state index contributed by atoms with van der Waals surface area (Å²) >= 11 is 0. The van der Waals surface area contributed by atoms with Crippen molar-refractivity contribution < 1.29 is 22.0 Å². The van der Waals surface area contributed by atoms with E-state index in [4.69, 9.17) is 5.73 Å². The van der Waals surface area contributed by atoms with Gasteiger partial charge in [0.2, 0.25) is 0 Å². The highest BCUT2D eigenvalue weighted by molar-refractivity contribution is 5.34. The first-order valence-corrected chi connectivity index (χ1v) is 5.66. The fourth-order valence-corrected chi connectivity index (χ4v) is 1.78. The van der Waals surface area contributed by atoms with Crippen LogP contribution in [-0.2, 0) is 6.18 Å². The summed E-state index contributed by atoms with van der Waals surface area (Å²) < 4.78 is 63.2. The van der Waals surface area contributed by atoms with Gasteiger partial charge in [-0.2, -0.15) is 13.2 Å². The number of alkyl halides is 3. The van der Waals surface area contributed by atoms with E-state index < -0.39 is 29.4 Å². The molecule has 0 radical (unpaired) electrons. The molecule has 6 heteroatoms. The Morgan fingerprint density at radius 3 is 1.85 bits per heavy atom. The SMILES string of the molecule is NC(c1ccc(C(F)(F)F)cc1)c1ccc(F)c(F)c1.